The van der Waals surface area contributed by atoms with Crippen molar-refractivity contribution >= 4 is 29.1 Å². The molecule has 0 aromatic heterocycles. The average molecular weight is 492 g/mol. The molecule has 0 aliphatic carbocycles. The Hall–Kier alpha value is -3.61. The van der Waals surface area contributed by atoms with Crippen molar-refractivity contribution in [2.24, 2.45) is 0 Å². The molecule has 1 atom stereocenters. The van der Waals surface area contributed by atoms with E-state index in [1.807, 2.05) is 37.3 Å². The summed E-state index contributed by atoms with van der Waals surface area (Å²) in [7, 11) is 1.52. The Morgan fingerprint density at radius 3 is 2.49 bits per heavy atom. The second-order valence-electron chi connectivity index (χ2n) is 8.34. The Labute approximate surface area is 209 Å². The molecule has 7 heteroatoms. The first-order valence-electron chi connectivity index (χ1n) is 11.2. The average Bonchev–Trinajstić information content (AvgIpc) is 3.11. The molecule has 0 radical (unpaired) electrons. The number of amides is 1. The van der Waals surface area contributed by atoms with Crippen molar-refractivity contribution in [1.82, 2.24) is 4.90 Å². The van der Waals surface area contributed by atoms with Gasteiger partial charge in [-0.05, 0) is 42.3 Å². The third kappa shape index (κ3) is 5.39. The molecular weight excluding hydrogens is 466 g/mol. The Kier molecular flexibility index (Phi) is 7.54. The highest BCUT2D eigenvalue weighted by atomic mass is 35.5. The smallest absolute Gasteiger partial charge is 0.295 e. The zero-order valence-electron chi connectivity index (χ0n) is 19.5. The van der Waals surface area contributed by atoms with Crippen LogP contribution < -0.4 is 4.74 Å². The monoisotopic (exact) mass is 491 g/mol. The van der Waals surface area contributed by atoms with Crippen LogP contribution in [0.2, 0.25) is 5.02 Å². The SMILES string of the molecule is COCCN1C(=O)C(=O)/C(=C(\O)c2cccc(Cl)c2)C1c1cccc(OCc2ccc(C)cc2)c1. The van der Waals surface area contributed by atoms with Crippen molar-refractivity contribution in [3.05, 3.63) is 106 Å². The molecule has 3 aromatic rings. The van der Waals surface area contributed by atoms with Gasteiger partial charge in [-0.2, -0.15) is 0 Å². The number of aliphatic hydroxyl groups is 1. The van der Waals surface area contributed by atoms with E-state index in [9.17, 15) is 14.7 Å². The summed E-state index contributed by atoms with van der Waals surface area (Å²) in [5.41, 5.74) is 3.20. The van der Waals surface area contributed by atoms with Crippen LogP contribution in [-0.2, 0) is 20.9 Å². The minimum atomic E-state index is -0.799. The maximum absolute atomic E-state index is 13.1. The number of hydrogen-bond donors (Lipinski definition) is 1. The zero-order chi connectivity index (χ0) is 24.9. The third-order valence-corrected chi connectivity index (χ3v) is 6.11. The summed E-state index contributed by atoms with van der Waals surface area (Å²) in [6.45, 7) is 2.82. The minimum Gasteiger partial charge on any atom is -0.507 e. The molecule has 1 saturated heterocycles. The number of aliphatic hydroxyl groups excluding tert-OH is 1. The molecule has 1 heterocycles. The van der Waals surface area contributed by atoms with E-state index in [0.717, 1.165) is 5.56 Å². The van der Waals surface area contributed by atoms with E-state index in [1.54, 1.807) is 42.5 Å². The van der Waals surface area contributed by atoms with E-state index in [2.05, 4.69) is 0 Å². The van der Waals surface area contributed by atoms with Gasteiger partial charge < -0.3 is 19.5 Å². The minimum absolute atomic E-state index is 0.00375. The number of aryl methyl sites for hydroxylation is 1. The van der Waals surface area contributed by atoms with Gasteiger partial charge in [0.15, 0.2) is 0 Å². The number of benzene rings is 3. The summed E-state index contributed by atoms with van der Waals surface area (Å²) in [4.78, 5) is 27.4. The third-order valence-electron chi connectivity index (χ3n) is 5.87. The number of rotatable bonds is 8. The van der Waals surface area contributed by atoms with E-state index in [-0.39, 0.29) is 24.5 Å². The van der Waals surface area contributed by atoms with E-state index in [0.29, 0.717) is 28.5 Å². The van der Waals surface area contributed by atoms with Gasteiger partial charge in [-0.3, -0.25) is 9.59 Å². The largest absolute Gasteiger partial charge is 0.507 e. The molecule has 1 aliphatic rings. The maximum atomic E-state index is 13.1. The van der Waals surface area contributed by atoms with Crippen molar-refractivity contribution in [1.29, 1.82) is 0 Å². The fourth-order valence-electron chi connectivity index (χ4n) is 4.06. The highest BCUT2D eigenvalue weighted by Crippen LogP contribution is 2.40. The molecule has 4 rings (SSSR count). The van der Waals surface area contributed by atoms with Gasteiger partial charge in [0.1, 0.15) is 18.1 Å². The Morgan fingerprint density at radius 2 is 1.77 bits per heavy atom. The van der Waals surface area contributed by atoms with E-state index in [1.165, 1.54) is 17.6 Å². The van der Waals surface area contributed by atoms with Gasteiger partial charge in [-0.1, -0.05) is 65.7 Å². The van der Waals surface area contributed by atoms with E-state index >= 15 is 0 Å². The number of nitrogens with zero attached hydrogens (tertiary/aromatic N) is 1. The molecule has 0 saturated carbocycles. The molecule has 1 amide bonds. The second kappa shape index (κ2) is 10.8. The first-order valence-corrected chi connectivity index (χ1v) is 11.6. The molecule has 35 heavy (non-hydrogen) atoms. The zero-order valence-corrected chi connectivity index (χ0v) is 20.3. The standard InChI is InChI=1S/C28H26ClNO5/c1-18-9-11-19(12-10-18)17-35-23-8-4-5-20(16-23)25-24(26(31)21-6-3-7-22(29)15-21)27(32)28(33)30(25)13-14-34-2/h3-12,15-16,25,31H,13-14,17H2,1-2H3/b26-24-. The fraction of sp³-hybridized carbons (Fsp3) is 0.214. The molecule has 0 spiro atoms. The van der Waals surface area contributed by atoms with Crippen LogP contribution in [0.15, 0.2) is 78.4 Å². The summed E-state index contributed by atoms with van der Waals surface area (Å²) < 4.78 is 11.2. The Bertz CT molecular complexity index is 1270. The molecule has 1 N–H and O–H groups in total. The van der Waals surface area contributed by atoms with Crippen LogP contribution >= 0.6 is 11.6 Å². The number of carbonyl (C=O) groups is 2. The van der Waals surface area contributed by atoms with Crippen LogP contribution in [0.1, 0.15) is 28.3 Å². The van der Waals surface area contributed by atoms with E-state index in [4.69, 9.17) is 21.1 Å². The molecule has 1 aliphatic heterocycles. The summed E-state index contributed by atoms with van der Waals surface area (Å²) in [6, 6.07) is 21.0. The molecule has 3 aromatic carbocycles. The van der Waals surface area contributed by atoms with Gasteiger partial charge >= 0.3 is 0 Å². The summed E-state index contributed by atoms with van der Waals surface area (Å²) in [6.07, 6.45) is 0. The summed E-state index contributed by atoms with van der Waals surface area (Å²) >= 11 is 6.10. The predicted octanol–water partition coefficient (Wildman–Crippen LogP) is 5.30. The predicted molar refractivity (Wildman–Crippen MR) is 134 cm³/mol. The van der Waals surface area contributed by atoms with Crippen molar-refractivity contribution in [3.8, 4) is 5.75 Å². The quantitative estimate of drug-likeness (QED) is 0.263. The summed E-state index contributed by atoms with van der Waals surface area (Å²) in [5.74, 6) is -1.14. The van der Waals surface area contributed by atoms with Crippen molar-refractivity contribution in [2.45, 2.75) is 19.6 Å². The Morgan fingerprint density at radius 1 is 1.03 bits per heavy atom. The lowest BCUT2D eigenvalue weighted by Crippen LogP contribution is -2.32. The van der Waals surface area contributed by atoms with Gasteiger partial charge in [0.2, 0.25) is 0 Å². The van der Waals surface area contributed by atoms with Gasteiger partial charge in [-0.25, -0.2) is 0 Å². The van der Waals surface area contributed by atoms with Crippen LogP contribution in [0.3, 0.4) is 0 Å². The van der Waals surface area contributed by atoms with Gasteiger partial charge in [0, 0.05) is 24.2 Å². The van der Waals surface area contributed by atoms with E-state index < -0.39 is 17.7 Å². The van der Waals surface area contributed by atoms with Gasteiger partial charge in [-0.15, -0.1) is 0 Å². The molecule has 1 unspecified atom stereocenters. The molecule has 6 nitrogen and oxygen atoms in total. The van der Waals surface area contributed by atoms with Crippen LogP contribution in [0.4, 0.5) is 0 Å². The maximum Gasteiger partial charge on any atom is 0.295 e. The number of halogens is 1. The first-order chi connectivity index (χ1) is 16.9. The molecule has 0 bridgehead atoms. The number of methoxy groups -OCH3 is 1. The number of ether oxygens (including phenoxy) is 2. The number of carbonyl (C=O) groups excluding carboxylic acids is 2. The van der Waals surface area contributed by atoms with Crippen LogP contribution in [-0.4, -0.2) is 42.0 Å². The van der Waals surface area contributed by atoms with Crippen LogP contribution in [0, 0.1) is 6.92 Å². The number of Topliss-reactive ketones (excluding diaryl/α,β-unsaturated/α-hetero) is 1. The Balaban J connectivity index is 1.72. The van der Waals surface area contributed by atoms with Crippen molar-refractivity contribution in [2.75, 3.05) is 20.3 Å². The topological polar surface area (TPSA) is 76.1 Å². The summed E-state index contributed by atoms with van der Waals surface area (Å²) in [5, 5.41) is 11.5. The van der Waals surface area contributed by atoms with Crippen molar-refractivity contribution in [3.63, 3.8) is 0 Å². The number of ketones is 1. The number of hydrogen-bond acceptors (Lipinski definition) is 5. The first kappa shape index (κ1) is 24.5. The van der Waals surface area contributed by atoms with Gasteiger partial charge in [0.05, 0.1) is 18.2 Å². The lowest BCUT2D eigenvalue weighted by atomic mass is 9.95. The highest BCUT2D eigenvalue weighted by molar-refractivity contribution is 6.46. The molecular formula is C28H26ClNO5. The van der Waals surface area contributed by atoms with Crippen LogP contribution in [0.25, 0.3) is 5.76 Å². The fourth-order valence-corrected chi connectivity index (χ4v) is 4.25. The lowest BCUT2D eigenvalue weighted by molar-refractivity contribution is -0.140. The molecule has 180 valence electrons. The highest BCUT2D eigenvalue weighted by Gasteiger charge is 2.46. The normalized spacial score (nSPS) is 17.1. The van der Waals surface area contributed by atoms with Gasteiger partial charge in [0.25, 0.3) is 11.7 Å². The molecule has 1 fully saturated rings. The van der Waals surface area contributed by atoms with Crippen molar-refractivity contribution < 1.29 is 24.2 Å². The second-order valence-corrected chi connectivity index (χ2v) is 8.78. The van der Waals surface area contributed by atoms with Crippen LogP contribution in [0.5, 0.6) is 5.75 Å². The lowest BCUT2D eigenvalue weighted by Gasteiger charge is -2.25. The number of likely N-dealkylation sites (tertiary alicyclic amines) is 1.